The summed E-state index contributed by atoms with van der Waals surface area (Å²) in [7, 11) is 1.32. The van der Waals surface area contributed by atoms with Crippen molar-refractivity contribution in [3.05, 3.63) is 59.0 Å². The molecule has 0 N–H and O–H groups in total. The Morgan fingerprint density at radius 3 is 2.76 bits per heavy atom. The highest BCUT2D eigenvalue weighted by atomic mass is 16.5. The quantitative estimate of drug-likeness (QED) is 0.801. The molecule has 1 fully saturated rings. The number of carbonyl (C=O) groups is 2. The normalized spacial score (nSPS) is 19.9. The van der Waals surface area contributed by atoms with Crippen LogP contribution in [0.4, 0.5) is 0 Å². The van der Waals surface area contributed by atoms with Crippen LogP contribution in [0.3, 0.4) is 0 Å². The third-order valence-corrected chi connectivity index (χ3v) is 4.97. The minimum atomic E-state index is -0.420. The molecule has 0 aliphatic carbocycles. The molecule has 0 spiro atoms. The van der Waals surface area contributed by atoms with Gasteiger partial charge >= 0.3 is 5.97 Å². The molecule has 0 bridgehead atoms. The number of hydrogen-bond donors (Lipinski definition) is 0. The van der Waals surface area contributed by atoms with E-state index in [1.807, 2.05) is 17.0 Å². The first-order valence-corrected chi connectivity index (χ1v) is 8.51. The molecule has 1 aromatic carbocycles. The Bertz CT molecular complexity index is 780. The summed E-state index contributed by atoms with van der Waals surface area (Å²) in [5.74, 6) is 0.187. The van der Waals surface area contributed by atoms with Crippen molar-refractivity contribution in [1.82, 2.24) is 4.90 Å². The molecule has 1 saturated heterocycles. The molecule has 132 valence electrons. The highest BCUT2D eigenvalue weighted by Gasteiger charge is 2.35. The van der Waals surface area contributed by atoms with E-state index >= 15 is 0 Å². The van der Waals surface area contributed by atoms with Gasteiger partial charge in [0.2, 0.25) is 0 Å². The molecule has 1 amide bonds. The third-order valence-electron chi connectivity index (χ3n) is 4.97. The minimum absolute atomic E-state index is 0.0337. The van der Waals surface area contributed by atoms with E-state index in [4.69, 9.17) is 4.42 Å². The van der Waals surface area contributed by atoms with Crippen molar-refractivity contribution in [1.29, 1.82) is 0 Å². The van der Waals surface area contributed by atoms with Gasteiger partial charge in [0.1, 0.15) is 12.2 Å². The van der Waals surface area contributed by atoms with Crippen molar-refractivity contribution >= 4 is 11.9 Å². The van der Waals surface area contributed by atoms with E-state index < -0.39 is 5.97 Å². The predicted octanol–water partition coefficient (Wildman–Crippen LogP) is 3.32. The van der Waals surface area contributed by atoms with E-state index in [2.05, 4.69) is 30.7 Å². The lowest BCUT2D eigenvalue weighted by Gasteiger charge is -2.21. The fraction of sp³-hybridized carbons (Fsp3) is 0.400. The molecule has 0 saturated carbocycles. The van der Waals surface area contributed by atoms with Crippen LogP contribution in [-0.2, 0) is 16.0 Å². The standard InChI is InChI=1S/C20H23NO4/c1-13-6-4-5-7-16(13)15-10-14(2)21(12-15)20(23)17-8-9-25-18(17)11-19(22)24-3/h4-9,14-15H,10-12H2,1-3H3/t14-,15-/m1/s1. The van der Waals surface area contributed by atoms with Crippen LogP contribution < -0.4 is 0 Å². The molecule has 2 aromatic rings. The fourth-order valence-electron chi connectivity index (χ4n) is 3.61. The summed E-state index contributed by atoms with van der Waals surface area (Å²) >= 11 is 0. The van der Waals surface area contributed by atoms with Crippen molar-refractivity contribution in [3.8, 4) is 0 Å². The van der Waals surface area contributed by atoms with Crippen molar-refractivity contribution in [3.63, 3.8) is 0 Å². The number of hydrogen-bond acceptors (Lipinski definition) is 4. The summed E-state index contributed by atoms with van der Waals surface area (Å²) in [6.07, 6.45) is 2.35. The number of methoxy groups -OCH3 is 1. The van der Waals surface area contributed by atoms with E-state index in [0.717, 1.165) is 6.42 Å². The summed E-state index contributed by atoms with van der Waals surface area (Å²) in [6.45, 7) is 4.85. The Balaban J connectivity index is 1.79. The number of likely N-dealkylation sites (tertiary alicyclic amines) is 1. The van der Waals surface area contributed by atoms with Gasteiger partial charge in [0.15, 0.2) is 0 Å². The number of carbonyl (C=O) groups excluding carboxylic acids is 2. The monoisotopic (exact) mass is 341 g/mol. The third kappa shape index (κ3) is 3.45. The van der Waals surface area contributed by atoms with E-state index in [9.17, 15) is 9.59 Å². The van der Waals surface area contributed by atoms with Gasteiger partial charge in [0, 0.05) is 18.5 Å². The molecule has 5 heteroatoms. The van der Waals surface area contributed by atoms with Crippen LogP contribution in [0.15, 0.2) is 41.0 Å². The van der Waals surface area contributed by atoms with Gasteiger partial charge in [0.25, 0.3) is 5.91 Å². The minimum Gasteiger partial charge on any atom is -0.469 e. The van der Waals surface area contributed by atoms with Gasteiger partial charge in [-0.3, -0.25) is 9.59 Å². The van der Waals surface area contributed by atoms with E-state index in [0.29, 0.717) is 23.8 Å². The van der Waals surface area contributed by atoms with Crippen LogP contribution >= 0.6 is 0 Å². The first kappa shape index (κ1) is 17.3. The van der Waals surface area contributed by atoms with Crippen molar-refractivity contribution in [2.75, 3.05) is 13.7 Å². The Hall–Kier alpha value is -2.56. The maximum Gasteiger partial charge on any atom is 0.313 e. The molecule has 25 heavy (non-hydrogen) atoms. The molecule has 1 aliphatic heterocycles. The summed E-state index contributed by atoms with van der Waals surface area (Å²) in [5.41, 5.74) is 3.00. The molecule has 5 nitrogen and oxygen atoms in total. The highest BCUT2D eigenvalue weighted by molar-refractivity contribution is 5.96. The first-order chi connectivity index (χ1) is 12.0. The van der Waals surface area contributed by atoms with Gasteiger partial charge in [-0.2, -0.15) is 0 Å². The lowest BCUT2D eigenvalue weighted by atomic mass is 9.93. The van der Waals surface area contributed by atoms with Gasteiger partial charge in [-0.1, -0.05) is 24.3 Å². The zero-order valence-electron chi connectivity index (χ0n) is 14.8. The van der Waals surface area contributed by atoms with Gasteiger partial charge in [0.05, 0.1) is 18.9 Å². The number of ether oxygens (including phenoxy) is 1. The molecular formula is C20H23NO4. The Labute approximate surface area is 147 Å². The van der Waals surface area contributed by atoms with Crippen LogP contribution in [0.5, 0.6) is 0 Å². The zero-order chi connectivity index (χ0) is 18.0. The highest BCUT2D eigenvalue weighted by Crippen LogP contribution is 2.34. The van der Waals surface area contributed by atoms with E-state index in [1.165, 1.54) is 24.5 Å². The van der Waals surface area contributed by atoms with Crippen molar-refractivity contribution < 1.29 is 18.7 Å². The molecule has 3 rings (SSSR count). The summed E-state index contributed by atoms with van der Waals surface area (Å²) in [6, 6.07) is 10.1. The number of amides is 1. The van der Waals surface area contributed by atoms with Crippen molar-refractivity contribution in [2.24, 2.45) is 0 Å². The molecule has 0 unspecified atom stereocenters. The van der Waals surface area contributed by atoms with Gasteiger partial charge in [-0.15, -0.1) is 0 Å². The SMILES string of the molecule is COC(=O)Cc1occc1C(=O)N1C[C@H](c2ccccc2C)C[C@H]1C. The summed E-state index contributed by atoms with van der Waals surface area (Å²) < 4.78 is 10.0. The average Bonchev–Trinajstić information content (AvgIpc) is 3.21. The van der Waals surface area contributed by atoms with Crippen LogP contribution in [-0.4, -0.2) is 36.5 Å². The number of aryl methyl sites for hydroxylation is 1. The van der Waals surface area contributed by atoms with Gasteiger partial charge in [-0.05, 0) is 37.5 Å². The number of nitrogens with zero attached hydrogens (tertiary/aromatic N) is 1. The van der Waals surface area contributed by atoms with Gasteiger partial charge < -0.3 is 14.1 Å². The zero-order valence-corrected chi connectivity index (χ0v) is 14.8. The maximum atomic E-state index is 13.0. The number of rotatable bonds is 4. The number of benzene rings is 1. The molecule has 1 aliphatic rings. The first-order valence-electron chi connectivity index (χ1n) is 8.51. The largest absolute Gasteiger partial charge is 0.469 e. The molecule has 2 atom stereocenters. The summed E-state index contributed by atoms with van der Waals surface area (Å²) in [4.78, 5) is 26.4. The Morgan fingerprint density at radius 2 is 2.04 bits per heavy atom. The number of esters is 1. The second kappa shape index (κ2) is 7.13. The molecule has 2 heterocycles. The second-order valence-electron chi connectivity index (χ2n) is 6.61. The lowest BCUT2D eigenvalue weighted by Crippen LogP contribution is -2.34. The van der Waals surface area contributed by atoms with Crippen LogP contribution in [0.1, 0.15) is 46.5 Å². The lowest BCUT2D eigenvalue weighted by molar-refractivity contribution is -0.140. The smallest absolute Gasteiger partial charge is 0.313 e. The fourth-order valence-corrected chi connectivity index (χ4v) is 3.61. The average molecular weight is 341 g/mol. The Kier molecular flexibility index (Phi) is 4.93. The number of furan rings is 1. The van der Waals surface area contributed by atoms with Gasteiger partial charge in [-0.25, -0.2) is 0 Å². The van der Waals surface area contributed by atoms with Crippen LogP contribution in [0.25, 0.3) is 0 Å². The van der Waals surface area contributed by atoms with E-state index in [-0.39, 0.29) is 18.4 Å². The van der Waals surface area contributed by atoms with E-state index in [1.54, 1.807) is 6.07 Å². The Morgan fingerprint density at radius 1 is 1.28 bits per heavy atom. The van der Waals surface area contributed by atoms with Crippen LogP contribution in [0.2, 0.25) is 0 Å². The molecular weight excluding hydrogens is 318 g/mol. The maximum absolute atomic E-state index is 13.0. The molecule has 1 aromatic heterocycles. The predicted molar refractivity (Wildman–Crippen MR) is 93.5 cm³/mol. The van der Waals surface area contributed by atoms with Crippen molar-refractivity contribution in [2.45, 2.75) is 38.6 Å². The topological polar surface area (TPSA) is 59.8 Å². The second-order valence-corrected chi connectivity index (χ2v) is 6.61. The molecule has 0 radical (unpaired) electrons. The van der Waals surface area contributed by atoms with Crippen LogP contribution in [0, 0.1) is 6.92 Å². The summed E-state index contributed by atoms with van der Waals surface area (Å²) in [5, 5.41) is 0.